The van der Waals surface area contributed by atoms with Gasteiger partial charge in [0.25, 0.3) is 5.91 Å². The number of fused-ring (bicyclic) bond motifs is 1. The lowest BCUT2D eigenvalue weighted by molar-refractivity contribution is -0.133. The SMILES string of the molecule is Cc1cc(C)c(C(=O)Nc2ccc3c(c2)CN(C(=O)C2CC2)CC3)c(C)c1. The molecule has 1 fully saturated rings. The molecular weight excluding hydrogens is 336 g/mol. The first-order valence-corrected chi connectivity index (χ1v) is 9.72. The molecule has 1 heterocycles. The third kappa shape index (κ3) is 3.61. The lowest BCUT2D eigenvalue weighted by Crippen LogP contribution is -2.36. The molecule has 0 bridgehead atoms. The van der Waals surface area contributed by atoms with Crippen LogP contribution in [0.5, 0.6) is 0 Å². The second-order valence-electron chi connectivity index (χ2n) is 8.00. The van der Waals surface area contributed by atoms with Gasteiger partial charge in [0.05, 0.1) is 0 Å². The van der Waals surface area contributed by atoms with E-state index in [1.165, 1.54) is 5.56 Å². The van der Waals surface area contributed by atoms with Crippen molar-refractivity contribution in [1.82, 2.24) is 4.90 Å². The number of benzene rings is 2. The normalized spacial score (nSPS) is 16.0. The van der Waals surface area contributed by atoms with Crippen molar-refractivity contribution in [1.29, 1.82) is 0 Å². The highest BCUT2D eigenvalue weighted by atomic mass is 16.2. The number of nitrogens with zero attached hydrogens (tertiary/aromatic N) is 1. The summed E-state index contributed by atoms with van der Waals surface area (Å²) in [6.45, 7) is 7.44. The first kappa shape index (κ1) is 17.8. The van der Waals surface area contributed by atoms with Gasteiger partial charge in [-0.2, -0.15) is 0 Å². The standard InChI is InChI=1S/C23H26N2O2/c1-14-10-15(2)21(16(3)11-14)22(26)24-20-7-6-17-8-9-25(13-19(17)12-20)23(27)18-4-5-18/h6-7,10-12,18H,4-5,8-9,13H2,1-3H3,(H,24,26). The second-order valence-corrected chi connectivity index (χ2v) is 8.00. The van der Waals surface area contributed by atoms with Gasteiger partial charge in [-0.25, -0.2) is 0 Å². The number of hydrogen-bond acceptors (Lipinski definition) is 2. The number of carbonyl (C=O) groups is 2. The van der Waals surface area contributed by atoms with E-state index in [1.54, 1.807) is 0 Å². The number of nitrogens with one attached hydrogen (secondary N) is 1. The summed E-state index contributed by atoms with van der Waals surface area (Å²) in [4.78, 5) is 27.2. The van der Waals surface area contributed by atoms with Crippen LogP contribution in [-0.2, 0) is 17.8 Å². The van der Waals surface area contributed by atoms with Crippen molar-refractivity contribution in [3.63, 3.8) is 0 Å². The number of amides is 2. The van der Waals surface area contributed by atoms with Crippen LogP contribution in [-0.4, -0.2) is 23.3 Å². The van der Waals surface area contributed by atoms with Gasteiger partial charge in [-0.05, 0) is 74.4 Å². The Labute approximate surface area is 160 Å². The first-order chi connectivity index (χ1) is 12.9. The van der Waals surface area contributed by atoms with Gasteiger partial charge in [-0.1, -0.05) is 23.8 Å². The predicted octanol–water partition coefficient (Wildman–Crippen LogP) is 4.16. The van der Waals surface area contributed by atoms with E-state index < -0.39 is 0 Å². The van der Waals surface area contributed by atoms with Crippen LogP contribution >= 0.6 is 0 Å². The quantitative estimate of drug-likeness (QED) is 0.891. The van der Waals surface area contributed by atoms with Crippen molar-refractivity contribution in [3.8, 4) is 0 Å². The van der Waals surface area contributed by atoms with E-state index in [9.17, 15) is 9.59 Å². The van der Waals surface area contributed by atoms with Gasteiger partial charge in [0.15, 0.2) is 0 Å². The fraction of sp³-hybridized carbons (Fsp3) is 0.391. The highest BCUT2D eigenvalue weighted by Gasteiger charge is 2.34. The number of carbonyl (C=O) groups excluding carboxylic acids is 2. The molecule has 1 aliphatic heterocycles. The summed E-state index contributed by atoms with van der Waals surface area (Å²) in [6, 6.07) is 10.2. The maximum Gasteiger partial charge on any atom is 0.256 e. The summed E-state index contributed by atoms with van der Waals surface area (Å²) >= 11 is 0. The Morgan fingerprint density at radius 2 is 1.70 bits per heavy atom. The Morgan fingerprint density at radius 1 is 1.00 bits per heavy atom. The van der Waals surface area contributed by atoms with Gasteiger partial charge in [0.1, 0.15) is 0 Å². The van der Waals surface area contributed by atoms with E-state index in [2.05, 4.69) is 11.4 Å². The minimum atomic E-state index is -0.0772. The first-order valence-electron chi connectivity index (χ1n) is 9.72. The second kappa shape index (κ2) is 6.84. The molecule has 0 spiro atoms. The van der Waals surface area contributed by atoms with Crippen molar-refractivity contribution < 1.29 is 9.59 Å². The van der Waals surface area contributed by atoms with Crippen LogP contribution in [0.15, 0.2) is 30.3 Å². The van der Waals surface area contributed by atoms with Crippen molar-refractivity contribution in [2.24, 2.45) is 5.92 Å². The van der Waals surface area contributed by atoms with E-state index >= 15 is 0 Å². The van der Waals surface area contributed by atoms with Crippen molar-refractivity contribution in [3.05, 3.63) is 63.7 Å². The fourth-order valence-corrected chi connectivity index (χ4v) is 4.14. The van der Waals surface area contributed by atoms with E-state index in [1.807, 2.05) is 49.9 Å². The number of hydrogen-bond donors (Lipinski definition) is 1. The summed E-state index contributed by atoms with van der Waals surface area (Å²) in [7, 11) is 0. The molecule has 0 aromatic heterocycles. The molecule has 0 saturated heterocycles. The zero-order chi connectivity index (χ0) is 19.1. The third-order valence-corrected chi connectivity index (χ3v) is 5.62. The minimum absolute atomic E-state index is 0.0772. The molecule has 4 rings (SSSR count). The van der Waals surface area contributed by atoms with Gasteiger partial charge in [0.2, 0.25) is 5.91 Å². The van der Waals surface area contributed by atoms with Crippen LogP contribution in [0.25, 0.3) is 0 Å². The van der Waals surface area contributed by atoms with Gasteiger partial charge in [0, 0.05) is 30.3 Å². The van der Waals surface area contributed by atoms with Gasteiger partial charge in [-0.15, -0.1) is 0 Å². The molecule has 0 atom stereocenters. The van der Waals surface area contributed by atoms with Crippen molar-refractivity contribution in [2.45, 2.75) is 46.6 Å². The van der Waals surface area contributed by atoms with Crippen LogP contribution in [0, 0.1) is 26.7 Å². The summed E-state index contributed by atoms with van der Waals surface area (Å²) in [5.41, 5.74) is 7.09. The fourth-order valence-electron chi connectivity index (χ4n) is 4.14. The molecule has 2 aromatic rings. The minimum Gasteiger partial charge on any atom is -0.338 e. The number of anilines is 1. The van der Waals surface area contributed by atoms with Gasteiger partial charge < -0.3 is 10.2 Å². The summed E-state index contributed by atoms with van der Waals surface area (Å²) in [5, 5.41) is 3.05. The highest BCUT2D eigenvalue weighted by molar-refractivity contribution is 6.06. The largest absolute Gasteiger partial charge is 0.338 e. The average molecular weight is 362 g/mol. The molecule has 1 aliphatic carbocycles. The van der Waals surface area contributed by atoms with Gasteiger partial charge in [-0.3, -0.25) is 9.59 Å². The summed E-state index contributed by atoms with van der Waals surface area (Å²) < 4.78 is 0. The van der Waals surface area contributed by atoms with Gasteiger partial charge >= 0.3 is 0 Å². The molecule has 2 aliphatic rings. The topological polar surface area (TPSA) is 49.4 Å². The van der Waals surface area contributed by atoms with Crippen molar-refractivity contribution >= 4 is 17.5 Å². The number of aryl methyl sites for hydroxylation is 3. The maximum absolute atomic E-state index is 12.8. The molecule has 2 amide bonds. The van der Waals surface area contributed by atoms with Crippen molar-refractivity contribution in [2.75, 3.05) is 11.9 Å². The van der Waals surface area contributed by atoms with Crippen LogP contribution in [0.1, 0.15) is 51.0 Å². The van der Waals surface area contributed by atoms with E-state index in [0.717, 1.165) is 59.3 Å². The predicted molar refractivity (Wildman–Crippen MR) is 107 cm³/mol. The Kier molecular flexibility index (Phi) is 4.50. The summed E-state index contributed by atoms with van der Waals surface area (Å²) in [6.07, 6.45) is 2.96. The lowest BCUT2D eigenvalue weighted by Gasteiger charge is -2.29. The monoisotopic (exact) mass is 362 g/mol. The van der Waals surface area contributed by atoms with Crippen LogP contribution in [0.2, 0.25) is 0 Å². The highest BCUT2D eigenvalue weighted by Crippen LogP contribution is 2.33. The smallest absolute Gasteiger partial charge is 0.256 e. The van der Waals surface area contributed by atoms with Crippen LogP contribution < -0.4 is 5.32 Å². The Balaban J connectivity index is 1.53. The molecule has 0 unspecified atom stereocenters. The number of rotatable bonds is 3. The zero-order valence-electron chi connectivity index (χ0n) is 16.3. The van der Waals surface area contributed by atoms with E-state index in [-0.39, 0.29) is 11.8 Å². The summed E-state index contributed by atoms with van der Waals surface area (Å²) in [5.74, 6) is 0.467. The zero-order valence-corrected chi connectivity index (χ0v) is 16.3. The average Bonchev–Trinajstić information content (AvgIpc) is 3.44. The molecule has 140 valence electrons. The third-order valence-electron chi connectivity index (χ3n) is 5.62. The Morgan fingerprint density at radius 3 is 2.37 bits per heavy atom. The van der Waals surface area contributed by atoms with E-state index in [0.29, 0.717) is 12.5 Å². The molecule has 1 saturated carbocycles. The lowest BCUT2D eigenvalue weighted by atomic mass is 9.97. The molecule has 4 heteroatoms. The van der Waals surface area contributed by atoms with E-state index in [4.69, 9.17) is 0 Å². The molecule has 1 N–H and O–H groups in total. The van der Waals surface area contributed by atoms with Crippen LogP contribution in [0.3, 0.4) is 0 Å². The molecule has 27 heavy (non-hydrogen) atoms. The Hall–Kier alpha value is -2.62. The molecule has 0 radical (unpaired) electrons. The molecule has 4 nitrogen and oxygen atoms in total. The maximum atomic E-state index is 12.8. The molecular formula is C23H26N2O2. The Bertz CT molecular complexity index is 905. The molecule has 2 aromatic carbocycles. The van der Waals surface area contributed by atoms with Crippen LogP contribution in [0.4, 0.5) is 5.69 Å².